The average molecular weight is 271 g/mol. The van der Waals surface area contributed by atoms with Crippen LogP contribution in [0.5, 0.6) is 0 Å². The Morgan fingerprint density at radius 2 is 1.80 bits per heavy atom. The smallest absolute Gasteiger partial charge is 0.0128 e. The molecule has 4 rings (SSSR count). The van der Waals surface area contributed by atoms with Crippen molar-refractivity contribution in [2.45, 2.75) is 64.5 Å². The second kappa shape index (κ2) is 5.52. The highest BCUT2D eigenvalue weighted by atomic mass is 15.2. The summed E-state index contributed by atoms with van der Waals surface area (Å²) < 4.78 is 0. The van der Waals surface area contributed by atoms with Gasteiger partial charge >= 0.3 is 0 Å². The van der Waals surface area contributed by atoms with Crippen LogP contribution in [0.4, 0.5) is 0 Å². The first kappa shape index (κ1) is 14.1. The molecule has 20 heavy (non-hydrogen) atoms. The van der Waals surface area contributed by atoms with Crippen molar-refractivity contribution in [3.63, 3.8) is 0 Å². The molecule has 2 aliphatic heterocycles. The molecular weight excluding hydrogens is 242 g/mol. The fourth-order valence-electron chi connectivity index (χ4n) is 4.43. The van der Waals surface area contributed by atoms with E-state index in [2.05, 4.69) is 56.0 Å². The highest BCUT2D eigenvalue weighted by Gasteiger charge is 2.39. The molecule has 0 amide bonds. The summed E-state index contributed by atoms with van der Waals surface area (Å²) in [4.78, 5) is 2.80. The molecule has 2 bridgehead atoms. The lowest BCUT2D eigenvalue weighted by atomic mass is 9.89. The Bertz CT molecular complexity index is 431. The third-order valence-electron chi connectivity index (χ3n) is 5.30. The number of hydrogen-bond acceptors (Lipinski definition) is 1. The summed E-state index contributed by atoms with van der Waals surface area (Å²) in [5.41, 5.74) is 1.87. The van der Waals surface area contributed by atoms with Gasteiger partial charge < -0.3 is 0 Å². The fraction of sp³-hybridized carbons (Fsp3) is 0.684. The van der Waals surface area contributed by atoms with Gasteiger partial charge in [0.05, 0.1) is 0 Å². The van der Waals surface area contributed by atoms with Gasteiger partial charge in [0, 0.05) is 18.1 Å². The van der Waals surface area contributed by atoms with Gasteiger partial charge in [-0.05, 0) is 70.3 Å². The highest BCUT2D eigenvalue weighted by molar-refractivity contribution is 5.15. The van der Waals surface area contributed by atoms with Crippen LogP contribution in [0.1, 0.15) is 52.0 Å². The van der Waals surface area contributed by atoms with Crippen LogP contribution in [-0.4, -0.2) is 23.0 Å². The van der Waals surface area contributed by atoms with E-state index in [4.69, 9.17) is 0 Å². The molecule has 1 aromatic carbocycles. The minimum absolute atomic E-state index is 0.338. The first-order valence-electron chi connectivity index (χ1n) is 8.33. The highest BCUT2D eigenvalue weighted by Crippen LogP contribution is 2.40. The Morgan fingerprint density at radius 1 is 1.05 bits per heavy atom. The van der Waals surface area contributed by atoms with Crippen molar-refractivity contribution in [3.05, 3.63) is 35.9 Å². The molecule has 1 aromatic rings. The molecule has 0 spiro atoms. The third kappa shape index (κ3) is 3.09. The number of nitrogens with zero attached hydrogens (tertiary/aromatic N) is 1. The quantitative estimate of drug-likeness (QED) is 0.764. The van der Waals surface area contributed by atoms with Crippen LogP contribution in [0, 0.1) is 11.8 Å². The Morgan fingerprint density at radius 3 is 2.50 bits per heavy atom. The molecule has 2 heterocycles. The van der Waals surface area contributed by atoms with Gasteiger partial charge in [-0.2, -0.15) is 0 Å². The lowest BCUT2D eigenvalue weighted by molar-refractivity contribution is 0.0359. The zero-order chi connectivity index (χ0) is 14.2. The van der Waals surface area contributed by atoms with E-state index < -0.39 is 0 Å². The van der Waals surface area contributed by atoms with E-state index in [1.165, 1.54) is 44.2 Å². The van der Waals surface area contributed by atoms with Crippen molar-refractivity contribution >= 4 is 0 Å². The minimum atomic E-state index is 0.338. The summed E-state index contributed by atoms with van der Waals surface area (Å²) >= 11 is 0. The van der Waals surface area contributed by atoms with E-state index in [9.17, 15) is 0 Å². The first-order chi connectivity index (χ1) is 9.52. The second-order valence-electron chi connectivity index (χ2n) is 7.95. The van der Waals surface area contributed by atoms with Crippen LogP contribution in [-0.2, 0) is 6.42 Å². The molecule has 3 fully saturated rings. The second-order valence-corrected chi connectivity index (χ2v) is 7.95. The maximum atomic E-state index is 2.80. The van der Waals surface area contributed by atoms with Gasteiger partial charge in [-0.3, -0.25) is 4.90 Å². The topological polar surface area (TPSA) is 3.24 Å². The molecule has 3 atom stereocenters. The average Bonchev–Trinajstić information content (AvgIpc) is 2.69. The monoisotopic (exact) mass is 271 g/mol. The lowest BCUT2D eigenvalue weighted by Gasteiger charge is -2.45. The van der Waals surface area contributed by atoms with Gasteiger partial charge in [0.2, 0.25) is 0 Å². The van der Waals surface area contributed by atoms with Crippen LogP contribution in [0.25, 0.3) is 0 Å². The molecular formula is C19H29N. The van der Waals surface area contributed by atoms with Crippen molar-refractivity contribution in [2.24, 2.45) is 11.8 Å². The molecule has 0 radical (unpaired) electrons. The van der Waals surface area contributed by atoms with Gasteiger partial charge in [0.15, 0.2) is 0 Å². The minimum Gasteiger partial charge on any atom is -0.295 e. The molecule has 1 saturated carbocycles. The third-order valence-corrected chi connectivity index (χ3v) is 5.30. The standard InChI is InChI=1S/C19H29N/c1-19(2,3)20-14-16-9-10-18(20)13-17(12-16)11-15-7-5-4-6-8-15/h4-8,16-18H,9-14H2,1-3H3. The molecule has 3 unspecified atom stereocenters. The van der Waals surface area contributed by atoms with E-state index in [0.717, 1.165) is 17.9 Å². The Kier molecular flexibility index (Phi) is 3.90. The van der Waals surface area contributed by atoms with Gasteiger partial charge in [0.1, 0.15) is 0 Å². The molecule has 1 nitrogen and oxygen atoms in total. The predicted molar refractivity (Wildman–Crippen MR) is 85.8 cm³/mol. The maximum absolute atomic E-state index is 2.80. The van der Waals surface area contributed by atoms with Gasteiger partial charge in [0.25, 0.3) is 0 Å². The first-order valence-corrected chi connectivity index (χ1v) is 8.33. The van der Waals surface area contributed by atoms with Gasteiger partial charge in [-0.1, -0.05) is 30.3 Å². The number of benzene rings is 1. The van der Waals surface area contributed by atoms with Crippen molar-refractivity contribution in [3.8, 4) is 0 Å². The van der Waals surface area contributed by atoms with E-state index in [1.807, 2.05) is 0 Å². The van der Waals surface area contributed by atoms with E-state index in [-0.39, 0.29) is 0 Å². The van der Waals surface area contributed by atoms with Crippen LogP contribution in [0.2, 0.25) is 0 Å². The fourth-order valence-corrected chi connectivity index (χ4v) is 4.43. The summed E-state index contributed by atoms with van der Waals surface area (Å²) in [6, 6.07) is 11.9. The van der Waals surface area contributed by atoms with Gasteiger partial charge in [-0.15, -0.1) is 0 Å². The zero-order valence-electron chi connectivity index (χ0n) is 13.3. The Balaban J connectivity index is 1.71. The largest absolute Gasteiger partial charge is 0.295 e. The molecule has 3 aliphatic rings. The van der Waals surface area contributed by atoms with Crippen LogP contribution in [0.3, 0.4) is 0 Å². The molecule has 0 aromatic heterocycles. The van der Waals surface area contributed by atoms with E-state index >= 15 is 0 Å². The van der Waals surface area contributed by atoms with E-state index in [0.29, 0.717) is 5.54 Å². The Hall–Kier alpha value is -0.820. The summed E-state index contributed by atoms with van der Waals surface area (Å²) in [5, 5.41) is 0. The summed E-state index contributed by atoms with van der Waals surface area (Å²) in [6.07, 6.45) is 7.02. The Labute approximate surface area is 124 Å². The van der Waals surface area contributed by atoms with Crippen molar-refractivity contribution in [2.75, 3.05) is 6.54 Å². The van der Waals surface area contributed by atoms with Gasteiger partial charge in [-0.25, -0.2) is 0 Å². The van der Waals surface area contributed by atoms with Crippen LogP contribution < -0.4 is 0 Å². The SMILES string of the molecule is CC(C)(C)N1CC2CCC1CC(Cc1ccccc1)C2. The van der Waals surface area contributed by atoms with Crippen molar-refractivity contribution < 1.29 is 0 Å². The maximum Gasteiger partial charge on any atom is 0.0128 e. The summed E-state index contributed by atoms with van der Waals surface area (Å²) in [5.74, 6) is 1.82. The predicted octanol–water partition coefficient (Wildman–Crippen LogP) is 4.52. The number of hydrogen-bond donors (Lipinski definition) is 0. The van der Waals surface area contributed by atoms with Crippen molar-refractivity contribution in [1.29, 1.82) is 0 Å². The van der Waals surface area contributed by atoms with E-state index in [1.54, 1.807) is 0 Å². The van der Waals surface area contributed by atoms with Crippen LogP contribution >= 0.6 is 0 Å². The molecule has 1 aliphatic carbocycles. The number of rotatable bonds is 2. The molecule has 0 N–H and O–H groups in total. The normalized spacial score (nSPS) is 31.2. The molecule has 1 heteroatoms. The number of fused-ring (bicyclic) bond motifs is 4. The molecule has 110 valence electrons. The zero-order valence-corrected chi connectivity index (χ0v) is 13.3. The van der Waals surface area contributed by atoms with Crippen LogP contribution in [0.15, 0.2) is 30.3 Å². The molecule has 2 saturated heterocycles. The number of piperidine rings is 1. The summed E-state index contributed by atoms with van der Waals surface area (Å²) in [7, 11) is 0. The lowest BCUT2D eigenvalue weighted by Crippen LogP contribution is -2.51. The summed E-state index contributed by atoms with van der Waals surface area (Å²) in [6.45, 7) is 8.50. The van der Waals surface area contributed by atoms with Crippen molar-refractivity contribution in [1.82, 2.24) is 4.90 Å².